The van der Waals surface area contributed by atoms with E-state index in [9.17, 15) is 0 Å². The first-order valence-electron chi connectivity index (χ1n) is 6.63. The number of halogens is 1. The molecule has 21 heavy (non-hydrogen) atoms. The zero-order valence-electron chi connectivity index (χ0n) is 12.2. The van der Waals surface area contributed by atoms with Crippen molar-refractivity contribution in [2.24, 2.45) is 0 Å². The van der Waals surface area contributed by atoms with Gasteiger partial charge in [-0.2, -0.15) is 4.98 Å². The standard InChI is InChI=1S/C14H18BrN3O2S/c1-4-7-16-12(9-5-6-10(15)21-9)13-14(20-3)18-11(19-2)8-17-13/h5-6,8,12,16H,4,7H2,1-3H3. The van der Waals surface area contributed by atoms with Crippen LogP contribution in [0.25, 0.3) is 0 Å². The molecule has 0 aromatic carbocycles. The largest absolute Gasteiger partial charge is 0.480 e. The van der Waals surface area contributed by atoms with Gasteiger partial charge in [-0.1, -0.05) is 6.92 Å². The Morgan fingerprint density at radius 3 is 2.71 bits per heavy atom. The number of aromatic nitrogens is 2. The van der Waals surface area contributed by atoms with Crippen molar-refractivity contribution in [3.63, 3.8) is 0 Å². The van der Waals surface area contributed by atoms with Gasteiger partial charge in [0, 0.05) is 4.88 Å². The molecule has 0 radical (unpaired) electrons. The molecule has 0 saturated carbocycles. The minimum absolute atomic E-state index is 0.0467. The maximum atomic E-state index is 5.38. The summed E-state index contributed by atoms with van der Waals surface area (Å²) in [6.07, 6.45) is 2.65. The van der Waals surface area contributed by atoms with Crippen LogP contribution in [0.5, 0.6) is 11.8 Å². The monoisotopic (exact) mass is 371 g/mol. The van der Waals surface area contributed by atoms with Crippen LogP contribution in [-0.4, -0.2) is 30.7 Å². The van der Waals surface area contributed by atoms with Crippen LogP contribution < -0.4 is 14.8 Å². The highest BCUT2D eigenvalue weighted by molar-refractivity contribution is 9.11. The van der Waals surface area contributed by atoms with E-state index in [4.69, 9.17) is 9.47 Å². The van der Waals surface area contributed by atoms with E-state index in [1.807, 2.05) is 6.07 Å². The highest BCUT2D eigenvalue weighted by atomic mass is 79.9. The lowest BCUT2D eigenvalue weighted by atomic mass is 10.1. The van der Waals surface area contributed by atoms with Crippen molar-refractivity contribution in [2.45, 2.75) is 19.4 Å². The molecule has 1 N–H and O–H groups in total. The molecule has 2 rings (SSSR count). The average Bonchev–Trinajstić information content (AvgIpc) is 2.94. The van der Waals surface area contributed by atoms with Gasteiger partial charge in [-0.25, -0.2) is 4.98 Å². The predicted octanol–water partition coefficient (Wildman–Crippen LogP) is 3.41. The maximum absolute atomic E-state index is 5.38. The Bertz CT molecular complexity index is 591. The number of nitrogens with one attached hydrogen (secondary N) is 1. The smallest absolute Gasteiger partial charge is 0.240 e. The third-order valence-corrected chi connectivity index (χ3v) is 4.59. The van der Waals surface area contributed by atoms with E-state index in [0.29, 0.717) is 11.8 Å². The summed E-state index contributed by atoms with van der Waals surface area (Å²) in [4.78, 5) is 9.95. The van der Waals surface area contributed by atoms with Gasteiger partial charge in [-0.15, -0.1) is 11.3 Å². The highest BCUT2D eigenvalue weighted by Gasteiger charge is 2.22. The van der Waals surface area contributed by atoms with Crippen LogP contribution in [0.15, 0.2) is 22.1 Å². The van der Waals surface area contributed by atoms with Crippen LogP contribution in [0.4, 0.5) is 0 Å². The zero-order chi connectivity index (χ0) is 15.2. The molecule has 0 amide bonds. The summed E-state index contributed by atoms with van der Waals surface area (Å²) in [7, 11) is 3.15. The van der Waals surface area contributed by atoms with Crippen LogP contribution in [0.2, 0.25) is 0 Å². The number of hydrogen-bond acceptors (Lipinski definition) is 6. The predicted molar refractivity (Wildman–Crippen MR) is 87.3 cm³/mol. The second kappa shape index (κ2) is 7.72. The quantitative estimate of drug-likeness (QED) is 0.807. The van der Waals surface area contributed by atoms with E-state index in [1.165, 1.54) is 0 Å². The van der Waals surface area contributed by atoms with Gasteiger partial charge >= 0.3 is 0 Å². The van der Waals surface area contributed by atoms with Gasteiger partial charge in [0.15, 0.2) is 0 Å². The van der Waals surface area contributed by atoms with E-state index in [1.54, 1.807) is 31.8 Å². The van der Waals surface area contributed by atoms with Crippen LogP contribution in [0, 0.1) is 0 Å². The molecule has 0 aliphatic carbocycles. The molecule has 1 unspecified atom stereocenters. The van der Waals surface area contributed by atoms with Gasteiger partial charge in [-0.3, -0.25) is 0 Å². The molecule has 2 aromatic heterocycles. The topological polar surface area (TPSA) is 56.3 Å². The van der Waals surface area contributed by atoms with Crippen molar-refractivity contribution in [3.05, 3.63) is 32.7 Å². The fraction of sp³-hybridized carbons (Fsp3) is 0.429. The molecule has 114 valence electrons. The second-order valence-electron chi connectivity index (χ2n) is 4.34. The first-order chi connectivity index (χ1) is 10.2. The number of ether oxygens (including phenoxy) is 2. The fourth-order valence-electron chi connectivity index (χ4n) is 1.92. The highest BCUT2D eigenvalue weighted by Crippen LogP contribution is 2.34. The first kappa shape index (κ1) is 16.2. The lowest BCUT2D eigenvalue weighted by molar-refractivity contribution is 0.352. The van der Waals surface area contributed by atoms with Crippen molar-refractivity contribution in [1.29, 1.82) is 0 Å². The van der Waals surface area contributed by atoms with Gasteiger partial charge in [0.05, 0.1) is 30.2 Å². The number of rotatable bonds is 7. The molecule has 0 spiro atoms. The Morgan fingerprint density at radius 2 is 2.14 bits per heavy atom. The minimum atomic E-state index is -0.0467. The zero-order valence-corrected chi connectivity index (χ0v) is 14.6. The summed E-state index contributed by atoms with van der Waals surface area (Å²) in [6, 6.07) is 4.06. The SMILES string of the molecule is CCCNC(c1ccc(Br)s1)c1ncc(OC)nc1OC. The third-order valence-electron chi connectivity index (χ3n) is 2.90. The van der Waals surface area contributed by atoms with E-state index in [0.717, 1.165) is 27.3 Å². The molecule has 5 nitrogen and oxygen atoms in total. The van der Waals surface area contributed by atoms with Crippen LogP contribution in [0.1, 0.15) is 30.0 Å². The summed E-state index contributed by atoms with van der Waals surface area (Å²) >= 11 is 5.17. The third kappa shape index (κ3) is 3.93. The van der Waals surface area contributed by atoms with E-state index in [-0.39, 0.29) is 6.04 Å². The Labute approximate surface area is 136 Å². The molecule has 1 atom stereocenters. The average molecular weight is 372 g/mol. The van der Waals surface area contributed by atoms with Crippen LogP contribution in [0.3, 0.4) is 0 Å². The van der Waals surface area contributed by atoms with Gasteiger partial charge in [-0.05, 0) is 41.0 Å². The number of hydrogen-bond donors (Lipinski definition) is 1. The van der Waals surface area contributed by atoms with Gasteiger partial charge in [0.25, 0.3) is 0 Å². The first-order valence-corrected chi connectivity index (χ1v) is 8.24. The summed E-state index contributed by atoms with van der Waals surface area (Å²) in [5.41, 5.74) is 0.765. The number of thiophene rings is 1. The lowest BCUT2D eigenvalue weighted by Crippen LogP contribution is -2.24. The molecular weight excluding hydrogens is 354 g/mol. The maximum Gasteiger partial charge on any atom is 0.240 e. The van der Waals surface area contributed by atoms with E-state index in [2.05, 4.69) is 44.2 Å². The summed E-state index contributed by atoms with van der Waals surface area (Å²) in [5, 5.41) is 3.49. The normalized spacial score (nSPS) is 12.2. The molecule has 0 fully saturated rings. The van der Waals surface area contributed by atoms with Crippen molar-refractivity contribution in [1.82, 2.24) is 15.3 Å². The Balaban J connectivity index is 2.40. The van der Waals surface area contributed by atoms with Crippen molar-refractivity contribution < 1.29 is 9.47 Å². The summed E-state index contributed by atoms with van der Waals surface area (Å²) in [5.74, 6) is 0.921. The van der Waals surface area contributed by atoms with Gasteiger partial charge in [0.2, 0.25) is 11.8 Å². The molecule has 2 heterocycles. The fourth-order valence-corrected chi connectivity index (χ4v) is 3.42. The number of nitrogens with zero attached hydrogens (tertiary/aromatic N) is 2. The minimum Gasteiger partial charge on any atom is -0.480 e. The van der Waals surface area contributed by atoms with Crippen molar-refractivity contribution in [3.8, 4) is 11.8 Å². The molecule has 0 bridgehead atoms. The van der Waals surface area contributed by atoms with Crippen LogP contribution in [-0.2, 0) is 0 Å². The Kier molecular flexibility index (Phi) is 5.96. The van der Waals surface area contributed by atoms with Crippen LogP contribution >= 0.6 is 27.3 Å². The lowest BCUT2D eigenvalue weighted by Gasteiger charge is -2.18. The Morgan fingerprint density at radius 1 is 1.33 bits per heavy atom. The molecule has 0 aliphatic heterocycles. The van der Waals surface area contributed by atoms with Crippen molar-refractivity contribution >= 4 is 27.3 Å². The number of methoxy groups -OCH3 is 2. The second-order valence-corrected chi connectivity index (χ2v) is 6.83. The van der Waals surface area contributed by atoms with Gasteiger partial charge < -0.3 is 14.8 Å². The Hall–Kier alpha value is -1.18. The summed E-state index contributed by atoms with van der Waals surface area (Å²) < 4.78 is 11.6. The molecule has 2 aromatic rings. The summed E-state index contributed by atoms with van der Waals surface area (Å²) in [6.45, 7) is 3.02. The van der Waals surface area contributed by atoms with Crippen molar-refractivity contribution in [2.75, 3.05) is 20.8 Å². The molecule has 0 aliphatic rings. The molecular formula is C14H18BrN3O2S. The van der Waals surface area contributed by atoms with Gasteiger partial charge in [0.1, 0.15) is 5.69 Å². The molecule has 0 saturated heterocycles. The molecule has 7 heteroatoms. The van der Waals surface area contributed by atoms with E-state index >= 15 is 0 Å². The van der Waals surface area contributed by atoms with E-state index < -0.39 is 0 Å².